The van der Waals surface area contributed by atoms with Crippen LogP contribution in [0.5, 0.6) is 51.7 Å². The predicted molar refractivity (Wildman–Crippen MR) is 147 cm³/mol. The number of phenols is 7. The highest BCUT2D eigenvalue weighted by molar-refractivity contribution is 5.89. The zero-order valence-corrected chi connectivity index (χ0v) is 23.1. The summed E-state index contributed by atoms with van der Waals surface area (Å²) in [6, 6.07) is 17.6. The normalized spacial score (nSPS) is 10.3. The van der Waals surface area contributed by atoms with Gasteiger partial charge >= 0.3 is 22.7 Å². The summed E-state index contributed by atoms with van der Waals surface area (Å²) < 4.78 is 11.0. The summed E-state index contributed by atoms with van der Waals surface area (Å²) in [5.74, 6) is -1.49. The second kappa shape index (κ2) is 12.6. The fraction of sp³-hybridized carbons (Fsp3) is 0. The average Bonchev–Trinajstić information content (AvgIpc) is 2.91. The molecule has 2 heterocycles. The van der Waals surface area contributed by atoms with Gasteiger partial charge in [-0.05, 0) is 36.4 Å². The first-order chi connectivity index (χ1) is 19.5. The first kappa shape index (κ1) is 32.0. The van der Waals surface area contributed by atoms with E-state index in [0.29, 0.717) is 16.5 Å². The van der Waals surface area contributed by atoms with E-state index >= 15 is 0 Å². The summed E-state index contributed by atoms with van der Waals surface area (Å²) >= 11 is 0. The van der Waals surface area contributed by atoms with Crippen molar-refractivity contribution in [3.63, 3.8) is 0 Å². The van der Waals surface area contributed by atoms with Crippen LogP contribution in [0.15, 0.2) is 87.7 Å². The average molecular weight is 629 g/mol. The largest absolute Gasteiger partial charge is 1.00 e. The molecule has 9 N–H and O–H groups in total. The molecule has 43 heavy (non-hydrogen) atoms. The van der Waals surface area contributed by atoms with Crippen LogP contribution in [-0.2, 0) is 0 Å². The molecule has 0 aliphatic heterocycles. The third-order valence-electron chi connectivity index (χ3n) is 6.03. The lowest BCUT2D eigenvalue weighted by atomic mass is 10.1. The van der Waals surface area contributed by atoms with Gasteiger partial charge in [-0.15, -0.1) is 0 Å². The Labute approximate surface area is 254 Å². The van der Waals surface area contributed by atoms with E-state index in [0.717, 1.165) is 12.1 Å². The quantitative estimate of drug-likeness (QED) is 0.0930. The van der Waals surface area contributed by atoms with Gasteiger partial charge in [-0.2, -0.15) is 0 Å². The van der Waals surface area contributed by atoms with Crippen molar-refractivity contribution in [2.24, 2.45) is 0 Å². The second-order valence-corrected chi connectivity index (χ2v) is 8.93. The number of hydrogen-bond acceptors (Lipinski definition) is 9. The van der Waals surface area contributed by atoms with Crippen LogP contribution in [-0.4, -0.2) is 46.0 Å². The Hall–Kier alpha value is -5.52. The van der Waals surface area contributed by atoms with Gasteiger partial charge in [0, 0.05) is 30.3 Å². The van der Waals surface area contributed by atoms with Crippen LogP contribution in [0.1, 0.15) is 0 Å². The van der Waals surface area contributed by atoms with E-state index in [1.165, 1.54) is 54.6 Å². The SMILES string of the molecule is Oc1cc(O)c2cc(O)c(-c3ccc(O)c(O)c3)[o+]c2c1.Oc1ccc(-c2[o+]c3cc(O)cc(O)c3cc2O)cc1.[Cl-].[Cl-]. The molecule has 0 bridgehead atoms. The van der Waals surface area contributed by atoms with Crippen molar-refractivity contribution in [3.8, 4) is 74.4 Å². The maximum Gasteiger partial charge on any atom is 0.402 e. The summed E-state index contributed by atoms with van der Waals surface area (Å²) in [6.45, 7) is 0. The van der Waals surface area contributed by atoms with Gasteiger partial charge in [-0.3, -0.25) is 0 Å². The summed E-state index contributed by atoms with van der Waals surface area (Å²) in [4.78, 5) is 0. The van der Waals surface area contributed by atoms with Crippen LogP contribution in [0.2, 0.25) is 0 Å². The Morgan fingerprint density at radius 1 is 0.349 bits per heavy atom. The highest BCUT2D eigenvalue weighted by Gasteiger charge is 2.25. The molecule has 0 saturated heterocycles. The van der Waals surface area contributed by atoms with Gasteiger partial charge in [0.05, 0.1) is 23.3 Å². The van der Waals surface area contributed by atoms with Crippen LogP contribution >= 0.6 is 0 Å². The molecular formula is C30H22Cl2O11. The lowest BCUT2D eigenvalue weighted by Crippen LogP contribution is -3.00. The molecule has 6 rings (SSSR count). The molecule has 0 unspecified atom stereocenters. The Bertz CT molecular complexity index is 1940. The van der Waals surface area contributed by atoms with E-state index < -0.39 is 0 Å². The summed E-state index contributed by atoms with van der Waals surface area (Å²) in [5, 5.41) is 86.9. The van der Waals surface area contributed by atoms with Crippen LogP contribution in [0.4, 0.5) is 0 Å². The molecule has 0 radical (unpaired) electrons. The first-order valence-electron chi connectivity index (χ1n) is 11.9. The fourth-order valence-corrected chi connectivity index (χ4v) is 4.07. The number of phenolic OH excluding ortho intramolecular Hbond substituents is 7. The van der Waals surface area contributed by atoms with Gasteiger partial charge in [0.2, 0.25) is 11.5 Å². The van der Waals surface area contributed by atoms with Gasteiger partial charge in [0.15, 0.2) is 11.5 Å². The van der Waals surface area contributed by atoms with Crippen molar-refractivity contribution in [2.45, 2.75) is 0 Å². The minimum atomic E-state index is -0.360. The summed E-state index contributed by atoms with van der Waals surface area (Å²) in [6.07, 6.45) is 0. The van der Waals surface area contributed by atoms with Crippen molar-refractivity contribution in [1.29, 1.82) is 0 Å². The van der Waals surface area contributed by atoms with Gasteiger partial charge in [0.1, 0.15) is 39.5 Å². The molecule has 4 aromatic carbocycles. The van der Waals surface area contributed by atoms with Gasteiger partial charge in [-0.25, -0.2) is 8.83 Å². The summed E-state index contributed by atoms with van der Waals surface area (Å²) in [5.41, 5.74) is 1.29. The van der Waals surface area contributed by atoms with Crippen molar-refractivity contribution >= 4 is 21.9 Å². The lowest BCUT2D eigenvalue weighted by molar-refractivity contribution is -0.00100. The van der Waals surface area contributed by atoms with Crippen LogP contribution in [0.3, 0.4) is 0 Å². The van der Waals surface area contributed by atoms with E-state index in [1.54, 1.807) is 12.1 Å². The Kier molecular flexibility index (Phi) is 9.34. The lowest BCUT2D eigenvalue weighted by Gasteiger charge is -2.01. The van der Waals surface area contributed by atoms with Crippen LogP contribution < -0.4 is 24.8 Å². The van der Waals surface area contributed by atoms with E-state index in [2.05, 4.69) is 0 Å². The Morgan fingerprint density at radius 2 is 0.791 bits per heavy atom. The molecule has 222 valence electrons. The molecule has 13 heteroatoms. The molecule has 2 aromatic heterocycles. The third-order valence-corrected chi connectivity index (χ3v) is 6.03. The third kappa shape index (κ3) is 6.53. The number of hydrogen-bond donors (Lipinski definition) is 9. The van der Waals surface area contributed by atoms with Crippen molar-refractivity contribution < 1.29 is 79.6 Å². The van der Waals surface area contributed by atoms with E-state index in [1.807, 2.05) is 0 Å². The number of rotatable bonds is 2. The standard InChI is InChI=1S/C15H10O6.C15H10O5.2ClH/c16-8-4-11(18)9-6-13(20)15(21-14(9)5-8)7-1-2-10(17)12(19)3-7;16-9-3-1-8(2-4-9)15-13(19)7-11-12(18)5-10(17)6-14(11)20-15;;/h1-6H,(H4-,16,17,18,19,20);1-7H,(H3-,16,17,18,19);2*1H. The predicted octanol–water partition coefficient (Wildman–Crippen LogP) is 0.120. The molecule has 11 nitrogen and oxygen atoms in total. The van der Waals surface area contributed by atoms with E-state index in [9.17, 15) is 46.0 Å². The van der Waals surface area contributed by atoms with Crippen molar-refractivity contribution in [3.05, 3.63) is 78.9 Å². The molecule has 0 aliphatic carbocycles. The molecule has 0 spiro atoms. The monoisotopic (exact) mass is 628 g/mol. The van der Waals surface area contributed by atoms with Crippen molar-refractivity contribution in [2.75, 3.05) is 0 Å². The molecule has 6 aromatic rings. The highest BCUT2D eigenvalue weighted by Crippen LogP contribution is 2.41. The number of aromatic hydroxyl groups is 9. The molecule has 0 amide bonds. The number of fused-ring (bicyclic) bond motifs is 2. The second-order valence-electron chi connectivity index (χ2n) is 8.93. The van der Waals surface area contributed by atoms with E-state index in [4.69, 9.17) is 8.83 Å². The van der Waals surface area contributed by atoms with Crippen molar-refractivity contribution in [1.82, 2.24) is 0 Å². The fourth-order valence-electron chi connectivity index (χ4n) is 4.07. The first-order valence-corrected chi connectivity index (χ1v) is 11.9. The van der Waals surface area contributed by atoms with Gasteiger partial charge in [-0.1, -0.05) is 0 Å². The minimum absolute atomic E-state index is 0. The molecular weight excluding hydrogens is 607 g/mol. The van der Waals surface area contributed by atoms with Gasteiger partial charge < -0.3 is 70.8 Å². The number of benzene rings is 4. The Morgan fingerprint density at radius 3 is 1.26 bits per heavy atom. The van der Waals surface area contributed by atoms with Crippen LogP contribution in [0.25, 0.3) is 44.6 Å². The molecule has 0 fully saturated rings. The minimum Gasteiger partial charge on any atom is -1.00 e. The topological polar surface area (TPSA) is 205 Å². The Balaban J connectivity index is 0.000000225. The van der Waals surface area contributed by atoms with Crippen LogP contribution in [0, 0.1) is 0 Å². The zero-order chi connectivity index (χ0) is 29.4. The summed E-state index contributed by atoms with van der Waals surface area (Å²) in [7, 11) is 0. The molecule has 0 saturated carbocycles. The maximum absolute atomic E-state index is 10.0. The maximum atomic E-state index is 10.0. The van der Waals surface area contributed by atoms with E-state index in [-0.39, 0.29) is 105 Å². The zero-order valence-electron chi connectivity index (χ0n) is 21.6. The number of halogens is 2. The molecule has 0 atom stereocenters. The van der Waals surface area contributed by atoms with Gasteiger partial charge in [0.25, 0.3) is 0 Å². The molecule has 0 aliphatic rings. The highest BCUT2D eigenvalue weighted by atomic mass is 35.5. The smallest absolute Gasteiger partial charge is 0.402 e.